The summed E-state index contributed by atoms with van der Waals surface area (Å²) in [5.74, 6) is 9.11. The van der Waals surface area contributed by atoms with Gasteiger partial charge >= 0.3 is 11.9 Å². The van der Waals surface area contributed by atoms with Crippen LogP contribution in [0, 0.1) is 92.7 Å². The Kier molecular flexibility index (Phi) is 22.6. The first kappa shape index (κ1) is 63.4. The second kappa shape index (κ2) is 28.5. The minimum atomic E-state index is -0.299. The fraction of sp³-hybridized carbons (Fsp3) is 0.889. The van der Waals surface area contributed by atoms with Gasteiger partial charge in [-0.25, -0.2) is 0 Å². The van der Waals surface area contributed by atoms with Crippen molar-refractivity contribution in [3.63, 3.8) is 0 Å². The van der Waals surface area contributed by atoms with Gasteiger partial charge in [-0.15, -0.1) is 0 Å². The Morgan fingerprint density at radius 2 is 0.838 bits per heavy atom. The molecule has 0 radical (unpaired) electrons. The summed E-state index contributed by atoms with van der Waals surface area (Å²) in [7, 11) is 0. The first-order chi connectivity index (χ1) is 38.2. The molecule has 0 heterocycles. The van der Waals surface area contributed by atoms with Crippen molar-refractivity contribution >= 4 is 23.8 Å². The van der Waals surface area contributed by atoms with E-state index in [2.05, 4.69) is 92.0 Å². The van der Waals surface area contributed by atoms with Crippen LogP contribution in [0.1, 0.15) is 288 Å². The molecule has 8 heteroatoms. The third-order valence-electron chi connectivity index (χ3n) is 25.0. The highest BCUT2D eigenvalue weighted by Gasteiger charge is 2.61. The maximum atomic E-state index is 13.0. The highest BCUT2D eigenvalue weighted by atomic mass is 16.5. The van der Waals surface area contributed by atoms with Crippen LogP contribution in [0.2, 0.25) is 0 Å². The van der Waals surface area contributed by atoms with Crippen LogP contribution >= 0.6 is 0 Å². The summed E-state index contributed by atoms with van der Waals surface area (Å²) in [6.07, 6.45) is 44.1. The molecular weight excluding hydrogens is 989 g/mol. The molecule has 0 aliphatic heterocycles. The number of amides is 2. The van der Waals surface area contributed by atoms with Crippen LogP contribution in [0.5, 0.6) is 0 Å². The van der Waals surface area contributed by atoms with Gasteiger partial charge in [0.15, 0.2) is 0 Å². The number of carbonyl (C=O) groups is 4. The number of hydrogen-bond donors (Lipinski definition) is 2. The zero-order chi connectivity index (χ0) is 57.2. The molecule has 0 saturated heterocycles. The molecule has 8 aliphatic rings. The number of nitrogens with one attached hydrogen (secondary N) is 2. The van der Waals surface area contributed by atoms with Crippen LogP contribution < -0.4 is 10.6 Å². The van der Waals surface area contributed by atoms with E-state index in [-0.39, 0.29) is 59.9 Å². The molecule has 8 rings (SSSR count). The summed E-state index contributed by atoms with van der Waals surface area (Å²) >= 11 is 0. The SMILES string of the molecule is CC(C)CCC[C@@H](C)[C@H]1CC[C@H]2[C@@H]3CC=C4C[C@@H](OC(=O)CNC(=O)CCCCCCCCCCCCC(=O)NCC(=O)O[C@H]5CC[C@@]6(C)C(=CC[C@H]7[C@@H]8CC[C@H]([C@H](C)CCCC(C)C)[C@@]8(C)CC[C@@H]76)C5)CC[C@]4(C)[C@H]3CC[C@]12C. The molecule has 0 bridgehead atoms. The van der Waals surface area contributed by atoms with Crippen molar-refractivity contribution in [3.8, 4) is 0 Å². The molecule has 80 heavy (non-hydrogen) atoms. The smallest absolute Gasteiger partial charge is 0.325 e. The van der Waals surface area contributed by atoms with Crippen molar-refractivity contribution in [3.05, 3.63) is 23.3 Å². The number of hydrogen-bond acceptors (Lipinski definition) is 6. The molecule has 0 aromatic heterocycles. The monoisotopic (exact) mass is 1110 g/mol. The highest BCUT2D eigenvalue weighted by molar-refractivity contribution is 5.82. The van der Waals surface area contributed by atoms with Gasteiger partial charge in [-0.2, -0.15) is 0 Å². The molecule has 0 aromatic rings. The first-order valence-electron chi connectivity index (χ1n) is 34.6. The van der Waals surface area contributed by atoms with Gasteiger partial charge in [-0.1, -0.05) is 182 Å². The zero-order valence-corrected chi connectivity index (χ0v) is 53.1. The Morgan fingerprint density at radius 3 is 1.21 bits per heavy atom. The maximum absolute atomic E-state index is 13.0. The topological polar surface area (TPSA) is 111 Å². The minimum Gasteiger partial charge on any atom is -0.461 e. The second-order valence-corrected chi connectivity index (χ2v) is 30.9. The number of ether oxygens (including phenoxy) is 2. The van der Waals surface area contributed by atoms with E-state index in [1.54, 1.807) is 0 Å². The average molecular weight is 1110 g/mol. The highest BCUT2D eigenvalue weighted by Crippen LogP contribution is 2.69. The van der Waals surface area contributed by atoms with E-state index in [1.165, 1.54) is 140 Å². The van der Waals surface area contributed by atoms with E-state index in [4.69, 9.17) is 9.47 Å². The molecule has 0 unspecified atom stereocenters. The van der Waals surface area contributed by atoms with Gasteiger partial charge in [0.05, 0.1) is 0 Å². The summed E-state index contributed by atoms with van der Waals surface area (Å²) in [6, 6.07) is 0. The van der Waals surface area contributed by atoms with Crippen LogP contribution in [-0.4, -0.2) is 49.1 Å². The van der Waals surface area contributed by atoms with Crippen molar-refractivity contribution in [2.45, 2.75) is 300 Å². The minimum absolute atomic E-state index is 0.0363. The number of unbranched alkanes of at least 4 members (excludes halogenated alkanes) is 9. The molecule has 6 fully saturated rings. The molecule has 8 nitrogen and oxygen atoms in total. The third kappa shape index (κ3) is 15.1. The van der Waals surface area contributed by atoms with Crippen LogP contribution in [0.3, 0.4) is 0 Å². The Labute approximate surface area is 489 Å². The van der Waals surface area contributed by atoms with Crippen LogP contribution in [0.25, 0.3) is 0 Å². The van der Waals surface area contributed by atoms with E-state index < -0.39 is 0 Å². The van der Waals surface area contributed by atoms with E-state index in [9.17, 15) is 19.2 Å². The normalized spacial score (nSPS) is 36.0. The summed E-state index contributed by atoms with van der Waals surface area (Å²) in [6.45, 7) is 24.9. The van der Waals surface area contributed by atoms with Crippen molar-refractivity contribution < 1.29 is 28.7 Å². The van der Waals surface area contributed by atoms with E-state index in [1.807, 2.05) is 0 Å². The molecule has 0 spiro atoms. The van der Waals surface area contributed by atoms with E-state index in [0.29, 0.717) is 23.7 Å². The summed E-state index contributed by atoms with van der Waals surface area (Å²) < 4.78 is 12.0. The number of fused-ring (bicyclic) bond motifs is 10. The molecule has 8 aliphatic carbocycles. The van der Waals surface area contributed by atoms with E-state index in [0.717, 1.165) is 148 Å². The van der Waals surface area contributed by atoms with Crippen molar-refractivity contribution in [1.29, 1.82) is 0 Å². The molecule has 6 saturated carbocycles. The van der Waals surface area contributed by atoms with Crippen molar-refractivity contribution in [1.82, 2.24) is 10.6 Å². The zero-order valence-electron chi connectivity index (χ0n) is 53.1. The standard InChI is InChI=1S/C72H120N2O6/c1-49(2)23-21-25-51(5)59-33-35-61-57-31-29-53-45-55(37-41-69(53,7)63(57)39-43-71(59,61)9)79-67(77)47-73-65(75)27-19-17-15-13-11-12-14-16-18-20-28-66(76)74-48-68(78)80-56-38-42-70(8)54(46-56)30-32-58-62-36-34-60(52(6)26-22-24-50(3)4)72(62,10)44-40-64(58)70/h29-30,49-52,55-64H,11-28,31-48H2,1-10H3,(H,73,75)(H,74,76)/t51-,52-,55+,56+,57+,58+,59-,60-,61+,62+,63+,64+,69+,70+,71-,72-/m1/s1. The third-order valence-corrected chi connectivity index (χ3v) is 25.0. The van der Waals surface area contributed by atoms with Gasteiger partial charge in [-0.05, 0) is 195 Å². The molecule has 2 N–H and O–H groups in total. The Balaban J connectivity index is 0.610. The lowest BCUT2D eigenvalue weighted by atomic mass is 9.47. The molecule has 0 aromatic carbocycles. The van der Waals surface area contributed by atoms with Gasteiger partial charge < -0.3 is 20.1 Å². The quantitative estimate of drug-likeness (QED) is 0.0439. The lowest BCUT2D eigenvalue weighted by Crippen LogP contribution is -2.51. The number of allylic oxidation sites excluding steroid dienone is 2. The molecular formula is C72H120N2O6. The molecule has 2 amide bonds. The van der Waals surface area contributed by atoms with Gasteiger partial charge in [-0.3, -0.25) is 19.2 Å². The number of esters is 2. The molecule has 454 valence electrons. The fourth-order valence-electron chi connectivity index (χ4n) is 20.5. The fourth-order valence-corrected chi connectivity index (χ4v) is 20.5. The van der Waals surface area contributed by atoms with Gasteiger partial charge in [0.2, 0.25) is 11.8 Å². The van der Waals surface area contributed by atoms with Gasteiger partial charge in [0.1, 0.15) is 25.3 Å². The predicted octanol–water partition coefficient (Wildman–Crippen LogP) is 17.8. The van der Waals surface area contributed by atoms with Crippen LogP contribution in [-0.2, 0) is 28.7 Å². The van der Waals surface area contributed by atoms with Gasteiger partial charge in [0.25, 0.3) is 0 Å². The Hall–Kier alpha value is -2.64. The van der Waals surface area contributed by atoms with Crippen molar-refractivity contribution in [2.75, 3.05) is 13.1 Å². The van der Waals surface area contributed by atoms with Crippen LogP contribution in [0.4, 0.5) is 0 Å². The Morgan fingerprint density at radius 1 is 0.463 bits per heavy atom. The Bertz CT molecular complexity index is 1970. The number of rotatable bonds is 29. The average Bonchev–Trinajstić information content (AvgIpc) is 4.10. The summed E-state index contributed by atoms with van der Waals surface area (Å²) in [5.41, 5.74) is 4.52. The maximum Gasteiger partial charge on any atom is 0.325 e. The summed E-state index contributed by atoms with van der Waals surface area (Å²) in [4.78, 5) is 51.2. The summed E-state index contributed by atoms with van der Waals surface area (Å²) in [5, 5.41) is 5.69. The lowest BCUT2D eigenvalue weighted by Gasteiger charge is -2.58. The van der Waals surface area contributed by atoms with Crippen LogP contribution in [0.15, 0.2) is 23.3 Å². The lowest BCUT2D eigenvalue weighted by molar-refractivity contribution is -0.152. The first-order valence-corrected chi connectivity index (χ1v) is 34.6. The number of carbonyl (C=O) groups excluding carboxylic acids is 4. The van der Waals surface area contributed by atoms with Gasteiger partial charge in [0, 0.05) is 25.7 Å². The van der Waals surface area contributed by atoms with Crippen molar-refractivity contribution in [2.24, 2.45) is 92.7 Å². The largest absolute Gasteiger partial charge is 0.461 e. The van der Waals surface area contributed by atoms with E-state index >= 15 is 0 Å². The predicted molar refractivity (Wildman–Crippen MR) is 327 cm³/mol. The second-order valence-electron chi connectivity index (χ2n) is 30.9. The molecule has 16 atom stereocenters.